The first-order valence-electron chi connectivity index (χ1n) is 2.61. The zero-order valence-electron chi connectivity index (χ0n) is 5.60. The molecule has 0 aromatic heterocycles. The van der Waals surface area contributed by atoms with Crippen molar-refractivity contribution in [3.63, 3.8) is 0 Å². The van der Waals surface area contributed by atoms with E-state index in [0.717, 1.165) is 5.70 Å². The van der Waals surface area contributed by atoms with Gasteiger partial charge >= 0.3 is 0 Å². The molecule has 0 unspecified atom stereocenters. The third-order valence-corrected chi connectivity index (χ3v) is 0.854. The molecule has 0 spiro atoms. The van der Waals surface area contributed by atoms with E-state index in [1.54, 1.807) is 13.4 Å². The number of hydrogen-bond acceptors (Lipinski definition) is 1. The van der Waals surface area contributed by atoms with Crippen molar-refractivity contribution in [2.75, 3.05) is 7.05 Å². The van der Waals surface area contributed by atoms with Gasteiger partial charge in [-0.2, -0.15) is 0 Å². The Morgan fingerprint density at radius 2 is 2.25 bits per heavy atom. The van der Waals surface area contributed by atoms with E-state index in [0.29, 0.717) is 0 Å². The van der Waals surface area contributed by atoms with Gasteiger partial charge in [-0.15, -0.1) is 0 Å². The lowest BCUT2D eigenvalue weighted by atomic mass is 10.5. The van der Waals surface area contributed by atoms with E-state index < -0.39 is 0 Å². The van der Waals surface area contributed by atoms with E-state index in [1.165, 1.54) is 0 Å². The van der Waals surface area contributed by atoms with Crippen molar-refractivity contribution in [2.45, 2.75) is 13.8 Å². The average Bonchev–Trinajstić information content (AvgIpc) is 1.83. The van der Waals surface area contributed by atoms with Gasteiger partial charge in [0.1, 0.15) is 0 Å². The molecule has 0 aromatic carbocycles. The van der Waals surface area contributed by atoms with Gasteiger partial charge in [0.2, 0.25) is 0 Å². The van der Waals surface area contributed by atoms with Gasteiger partial charge in [-0.3, -0.25) is 4.99 Å². The van der Waals surface area contributed by atoms with Crippen LogP contribution >= 0.6 is 0 Å². The topological polar surface area (TPSA) is 24.4 Å². The van der Waals surface area contributed by atoms with Crippen LogP contribution in [0.5, 0.6) is 0 Å². The van der Waals surface area contributed by atoms with Crippen LogP contribution in [0.1, 0.15) is 13.8 Å². The van der Waals surface area contributed by atoms with Crippen LogP contribution in [0.2, 0.25) is 0 Å². The Morgan fingerprint density at radius 3 is 2.62 bits per heavy atom. The molecule has 0 heterocycles. The van der Waals surface area contributed by atoms with Crippen LogP contribution in [0.4, 0.5) is 0 Å². The minimum Gasteiger partial charge on any atom is -0.351 e. The maximum atomic E-state index is 3.75. The fourth-order valence-electron chi connectivity index (χ4n) is 0.250. The predicted octanol–water partition coefficient (Wildman–Crippen LogP) is 1.16. The van der Waals surface area contributed by atoms with Gasteiger partial charge < -0.3 is 5.32 Å². The zero-order chi connectivity index (χ0) is 6.41. The fourth-order valence-corrected chi connectivity index (χ4v) is 0.250. The van der Waals surface area contributed by atoms with Crippen LogP contribution in [-0.2, 0) is 0 Å². The summed E-state index contributed by atoms with van der Waals surface area (Å²) in [5.74, 6) is 0. The van der Waals surface area contributed by atoms with Crippen molar-refractivity contribution in [1.29, 1.82) is 0 Å². The van der Waals surface area contributed by atoms with Gasteiger partial charge in [-0.05, 0) is 13.8 Å². The lowest BCUT2D eigenvalue weighted by Crippen LogP contribution is -2.06. The standard InChI is InChI=1S/C6H12N2/c1-4-6(2)8-5-7-3/h4-5H,1-3H3,(H,7,8)/b6-4+. The van der Waals surface area contributed by atoms with Gasteiger partial charge in [0.05, 0.1) is 6.34 Å². The fraction of sp³-hybridized carbons (Fsp3) is 0.500. The predicted molar refractivity (Wildman–Crippen MR) is 37.0 cm³/mol. The molecule has 0 amide bonds. The van der Waals surface area contributed by atoms with Crippen molar-refractivity contribution < 1.29 is 0 Å². The van der Waals surface area contributed by atoms with Crippen molar-refractivity contribution in [2.24, 2.45) is 4.99 Å². The first-order valence-corrected chi connectivity index (χ1v) is 2.61. The Bertz CT molecular complexity index is 103. The van der Waals surface area contributed by atoms with Crippen LogP contribution in [0, 0.1) is 0 Å². The molecular formula is C6H12N2. The molecule has 0 radical (unpaired) electrons. The number of aliphatic imine (C=N–C) groups is 1. The Labute approximate surface area is 50.3 Å². The van der Waals surface area contributed by atoms with Crippen LogP contribution in [0.15, 0.2) is 16.8 Å². The molecule has 0 aliphatic carbocycles. The number of rotatable bonds is 2. The monoisotopic (exact) mass is 112 g/mol. The lowest BCUT2D eigenvalue weighted by molar-refractivity contribution is 1.12. The van der Waals surface area contributed by atoms with Crippen molar-refractivity contribution in [1.82, 2.24) is 5.32 Å². The second kappa shape index (κ2) is 4.37. The molecule has 0 saturated heterocycles. The second-order valence-electron chi connectivity index (χ2n) is 1.50. The van der Waals surface area contributed by atoms with Crippen molar-refractivity contribution in [3.05, 3.63) is 11.8 Å². The molecule has 0 atom stereocenters. The van der Waals surface area contributed by atoms with Crippen LogP contribution in [0.3, 0.4) is 0 Å². The third kappa shape index (κ3) is 3.40. The first-order chi connectivity index (χ1) is 3.81. The normalized spacial score (nSPS) is 12.6. The molecule has 0 aliphatic heterocycles. The molecule has 0 aromatic rings. The molecule has 0 fully saturated rings. The highest BCUT2D eigenvalue weighted by Gasteiger charge is 1.74. The van der Waals surface area contributed by atoms with E-state index >= 15 is 0 Å². The Balaban J connectivity index is 3.40. The summed E-state index contributed by atoms with van der Waals surface area (Å²) in [7, 11) is 1.73. The smallest absolute Gasteiger partial charge is 0.0861 e. The summed E-state index contributed by atoms with van der Waals surface area (Å²) >= 11 is 0. The van der Waals surface area contributed by atoms with Gasteiger partial charge in [-0.1, -0.05) is 6.08 Å². The summed E-state index contributed by atoms with van der Waals surface area (Å²) < 4.78 is 0. The molecule has 0 aliphatic rings. The number of hydrogen-bond donors (Lipinski definition) is 1. The minimum absolute atomic E-state index is 1.12. The van der Waals surface area contributed by atoms with Crippen LogP contribution < -0.4 is 5.32 Å². The highest BCUT2D eigenvalue weighted by Crippen LogP contribution is 1.79. The maximum Gasteiger partial charge on any atom is 0.0861 e. The van der Waals surface area contributed by atoms with Gasteiger partial charge in [0.15, 0.2) is 0 Å². The van der Waals surface area contributed by atoms with Crippen LogP contribution in [0.25, 0.3) is 0 Å². The first kappa shape index (κ1) is 7.21. The summed E-state index contributed by atoms with van der Waals surface area (Å²) in [6.07, 6.45) is 3.65. The SMILES string of the molecule is C/C=C(\C)NC=NC. The van der Waals surface area contributed by atoms with Crippen LogP contribution in [-0.4, -0.2) is 13.4 Å². The molecule has 0 rings (SSSR count). The van der Waals surface area contributed by atoms with Crippen molar-refractivity contribution >= 4 is 6.34 Å². The Hall–Kier alpha value is -0.790. The molecule has 46 valence electrons. The maximum absolute atomic E-state index is 3.75. The molecule has 0 saturated carbocycles. The highest BCUT2D eigenvalue weighted by atomic mass is 14.9. The highest BCUT2D eigenvalue weighted by molar-refractivity contribution is 5.56. The van der Waals surface area contributed by atoms with Gasteiger partial charge in [0, 0.05) is 12.7 Å². The number of nitrogens with zero attached hydrogens (tertiary/aromatic N) is 1. The molecule has 2 nitrogen and oxygen atoms in total. The molecular weight excluding hydrogens is 100 g/mol. The lowest BCUT2D eigenvalue weighted by Gasteiger charge is -1.93. The summed E-state index contributed by atoms with van der Waals surface area (Å²) in [5.41, 5.74) is 1.12. The van der Waals surface area contributed by atoms with Gasteiger partial charge in [-0.25, -0.2) is 0 Å². The van der Waals surface area contributed by atoms with Gasteiger partial charge in [0.25, 0.3) is 0 Å². The van der Waals surface area contributed by atoms with Crippen molar-refractivity contribution in [3.8, 4) is 0 Å². The summed E-state index contributed by atoms with van der Waals surface area (Å²) in [6.45, 7) is 3.97. The Kier molecular flexibility index (Phi) is 3.94. The molecule has 8 heavy (non-hydrogen) atoms. The molecule has 1 N–H and O–H groups in total. The third-order valence-electron chi connectivity index (χ3n) is 0.854. The number of nitrogens with one attached hydrogen (secondary N) is 1. The van der Waals surface area contributed by atoms with E-state index in [4.69, 9.17) is 0 Å². The second-order valence-corrected chi connectivity index (χ2v) is 1.50. The molecule has 0 bridgehead atoms. The van der Waals surface area contributed by atoms with E-state index in [-0.39, 0.29) is 0 Å². The summed E-state index contributed by atoms with van der Waals surface area (Å²) in [4.78, 5) is 3.75. The minimum atomic E-state index is 1.12. The molecule has 2 heteroatoms. The zero-order valence-corrected chi connectivity index (χ0v) is 5.60. The average molecular weight is 112 g/mol. The summed E-state index contributed by atoms with van der Waals surface area (Å²) in [6, 6.07) is 0. The Morgan fingerprint density at radius 1 is 1.62 bits per heavy atom. The summed E-state index contributed by atoms with van der Waals surface area (Å²) in [5, 5.41) is 2.95. The van der Waals surface area contributed by atoms with E-state index in [1.807, 2.05) is 19.9 Å². The quantitative estimate of drug-likeness (QED) is 0.420. The number of allylic oxidation sites excluding steroid dienone is 2. The largest absolute Gasteiger partial charge is 0.351 e. The van der Waals surface area contributed by atoms with E-state index in [2.05, 4.69) is 10.3 Å². The van der Waals surface area contributed by atoms with E-state index in [9.17, 15) is 0 Å².